The molecule has 0 aliphatic heterocycles. The van der Waals surface area contributed by atoms with Crippen molar-refractivity contribution in [2.45, 2.75) is 38.5 Å². The van der Waals surface area contributed by atoms with E-state index in [9.17, 15) is 4.79 Å². The van der Waals surface area contributed by atoms with Crippen LogP contribution in [0.3, 0.4) is 0 Å². The van der Waals surface area contributed by atoms with E-state index in [-0.39, 0.29) is 12.0 Å². The number of carbonyl (C=O) groups excluding carboxylic acids is 1. The summed E-state index contributed by atoms with van der Waals surface area (Å²) in [6.45, 7) is 5.52. The second-order valence-electron chi connectivity index (χ2n) is 5.07. The molecule has 6 heteroatoms. The monoisotopic (exact) mass is 331 g/mol. The number of thioether (sulfide) groups is 1. The van der Waals surface area contributed by atoms with Crippen molar-refractivity contribution in [1.29, 1.82) is 0 Å². The third-order valence-corrected chi connectivity index (χ3v) is 4.04. The Labute approximate surface area is 140 Å². The molecule has 0 radical (unpaired) electrons. The number of rotatable bonds is 7. The lowest BCUT2D eigenvalue weighted by atomic mass is 10.1. The third kappa shape index (κ3) is 5.56. The Morgan fingerprint density at radius 2 is 2.04 bits per heavy atom. The van der Waals surface area contributed by atoms with E-state index in [1.165, 1.54) is 6.92 Å². The normalized spacial score (nSPS) is 11.8. The fourth-order valence-electron chi connectivity index (χ4n) is 1.94. The Hall–Kier alpha value is -2.08. The van der Waals surface area contributed by atoms with Crippen LogP contribution < -0.4 is 10.1 Å². The molecular formula is C17H21N3O2S. The number of ether oxygens (including phenoxy) is 1. The number of carbonyl (C=O) groups is 1. The van der Waals surface area contributed by atoms with Gasteiger partial charge in [0.25, 0.3) is 0 Å². The molecule has 1 aromatic carbocycles. The van der Waals surface area contributed by atoms with Gasteiger partial charge in [-0.25, -0.2) is 4.98 Å². The number of nitrogens with zero attached hydrogens (tertiary/aromatic N) is 2. The van der Waals surface area contributed by atoms with Crippen LogP contribution in [0.5, 0.6) is 5.88 Å². The van der Waals surface area contributed by atoms with Crippen LogP contribution in [0.2, 0.25) is 0 Å². The number of hydrogen-bond acceptors (Lipinski definition) is 5. The van der Waals surface area contributed by atoms with Crippen molar-refractivity contribution >= 4 is 23.5 Å². The molecule has 5 nitrogen and oxygen atoms in total. The summed E-state index contributed by atoms with van der Waals surface area (Å²) in [5.41, 5.74) is 1.06. The van der Waals surface area contributed by atoms with Crippen LogP contribution in [0.1, 0.15) is 38.9 Å². The summed E-state index contributed by atoms with van der Waals surface area (Å²) in [6.07, 6.45) is 0.884. The van der Waals surface area contributed by atoms with Crippen molar-refractivity contribution in [2.24, 2.45) is 0 Å². The van der Waals surface area contributed by atoms with E-state index in [0.29, 0.717) is 16.9 Å². The summed E-state index contributed by atoms with van der Waals surface area (Å²) >= 11 is 1.55. The quantitative estimate of drug-likeness (QED) is 0.612. The van der Waals surface area contributed by atoms with Crippen molar-refractivity contribution in [3.8, 4) is 5.88 Å². The van der Waals surface area contributed by atoms with Crippen LogP contribution >= 0.6 is 11.8 Å². The largest absolute Gasteiger partial charge is 0.470 e. The molecule has 122 valence electrons. The number of amides is 1. The van der Waals surface area contributed by atoms with Crippen LogP contribution in [0, 0.1) is 0 Å². The van der Waals surface area contributed by atoms with Crippen molar-refractivity contribution in [1.82, 2.24) is 9.97 Å². The standard InChI is InChI=1S/C17H21N3O2S/c1-4-10-23-17-19-15(18-13(3)21)11-16(20-17)22-12(2)14-8-6-5-7-9-14/h5-9,11-12H,4,10H2,1-3H3,(H,18,19,20,21). The van der Waals surface area contributed by atoms with Gasteiger partial charge in [-0.1, -0.05) is 49.0 Å². The van der Waals surface area contributed by atoms with Crippen LogP contribution in [-0.2, 0) is 4.79 Å². The Bertz CT molecular complexity index is 650. The van der Waals surface area contributed by atoms with Gasteiger partial charge in [-0.3, -0.25) is 4.79 Å². The lowest BCUT2D eigenvalue weighted by Crippen LogP contribution is -2.10. The molecule has 0 bridgehead atoms. The van der Waals surface area contributed by atoms with Gasteiger partial charge >= 0.3 is 0 Å². The second kappa shape index (κ2) is 8.53. The van der Waals surface area contributed by atoms with E-state index in [1.54, 1.807) is 17.8 Å². The molecule has 1 unspecified atom stereocenters. The summed E-state index contributed by atoms with van der Waals surface area (Å²) in [6, 6.07) is 11.6. The number of benzene rings is 1. The highest BCUT2D eigenvalue weighted by molar-refractivity contribution is 7.99. The summed E-state index contributed by atoms with van der Waals surface area (Å²) in [7, 11) is 0. The Morgan fingerprint density at radius 1 is 1.30 bits per heavy atom. The first-order chi connectivity index (χ1) is 11.1. The highest BCUT2D eigenvalue weighted by atomic mass is 32.2. The molecule has 1 aromatic heterocycles. The third-order valence-electron chi connectivity index (χ3n) is 2.99. The molecule has 0 saturated carbocycles. The first-order valence-corrected chi connectivity index (χ1v) is 8.58. The Morgan fingerprint density at radius 3 is 2.70 bits per heavy atom. The molecule has 1 heterocycles. The first kappa shape index (κ1) is 17.3. The summed E-state index contributed by atoms with van der Waals surface area (Å²) < 4.78 is 5.93. The van der Waals surface area contributed by atoms with Crippen LogP contribution in [0.15, 0.2) is 41.6 Å². The van der Waals surface area contributed by atoms with Crippen LogP contribution in [0.4, 0.5) is 5.82 Å². The molecule has 0 spiro atoms. The fraction of sp³-hybridized carbons (Fsp3) is 0.353. The Balaban J connectivity index is 2.20. The van der Waals surface area contributed by atoms with E-state index in [4.69, 9.17) is 4.74 Å². The van der Waals surface area contributed by atoms with Gasteiger partial charge in [0.05, 0.1) is 0 Å². The van der Waals surface area contributed by atoms with Crippen LogP contribution in [0.25, 0.3) is 0 Å². The zero-order chi connectivity index (χ0) is 16.7. The SMILES string of the molecule is CCCSc1nc(NC(C)=O)cc(OC(C)c2ccccc2)n1. The summed E-state index contributed by atoms with van der Waals surface area (Å²) in [4.78, 5) is 20.0. The first-order valence-electron chi connectivity index (χ1n) is 7.59. The molecule has 2 aromatic rings. The predicted molar refractivity (Wildman–Crippen MR) is 92.8 cm³/mol. The molecule has 1 N–H and O–H groups in total. The summed E-state index contributed by atoms with van der Waals surface area (Å²) in [5, 5.41) is 3.30. The lowest BCUT2D eigenvalue weighted by Gasteiger charge is -2.15. The predicted octanol–water partition coefficient (Wildman–Crippen LogP) is 4.08. The molecular weight excluding hydrogens is 310 g/mol. The maximum atomic E-state index is 11.3. The van der Waals surface area contributed by atoms with Gasteiger partial charge in [0.2, 0.25) is 11.8 Å². The van der Waals surface area contributed by atoms with Crippen molar-refractivity contribution in [2.75, 3.05) is 11.1 Å². The molecule has 2 rings (SSSR count). The van der Waals surface area contributed by atoms with Gasteiger partial charge in [-0.05, 0) is 18.9 Å². The molecule has 1 amide bonds. The molecule has 0 aliphatic rings. The molecule has 23 heavy (non-hydrogen) atoms. The average molecular weight is 331 g/mol. The number of aromatic nitrogens is 2. The van der Waals surface area contributed by atoms with Gasteiger partial charge in [0.15, 0.2) is 5.16 Å². The highest BCUT2D eigenvalue weighted by Crippen LogP contribution is 2.25. The molecule has 1 atom stereocenters. The minimum Gasteiger partial charge on any atom is -0.470 e. The number of anilines is 1. The fourth-order valence-corrected chi connectivity index (χ4v) is 2.64. The van der Waals surface area contributed by atoms with Crippen molar-refractivity contribution < 1.29 is 9.53 Å². The number of nitrogens with one attached hydrogen (secondary N) is 1. The Kier molecular flexibility index (Phi) is 6.40. The zero-order valence-corrected chi connectivity index (χ0v) is 14.4. The van der Waals surface area contributed by atoms with Gasteiger partial charge in [0, 0.05) is 18.7 Å². The van der Waals surface area contributed by atoms with Crippen molar-refractivity contribution in [3.63, 3.8) is 0 Å². The minimum absolute atomic E-state index is 0.139. The average Bonchev–Trinajstić information content (AvgIpc) is 2.53. The maximum Gasteiger partial charge on any atom is 0.222 e. The lowest BCUT2D eigenvalue weighted by molar-refractivity contribution is -0.114. The topological polar surface area (TPSA) is 64.1 Å². The van der Waals surface area contributed by atoms with E-state index in [1.807, 2.05) is 37.3 Å². The van der Waals surface area contributed by atoms with Gasteiger partial charge in [-0.15, -0.1) is 0 Å². The van der Waals surface area contributed by atoms with E-state index >= 15 is 0 Å². The summed E-state index contributed by atoms with van der Waals surface area (Å²) in [5.74, 6) is 1.66. The van der Waals surface area contributed by atoms with Gasteiger partial charge < -0.3 is 10.1 Å². The zero-order valence-electron chi connectivity index (χ0n) is 13.6. The van der Waals surface area contributed by atoms with E-state index in [2.05, 4.69) is 22.2 Å². The van der Waals surface area contributed by atoms with Crippen LogP contribution in [-0.4, -0.2) is 21.6 Å². The minimum atomic E-state index is -0.169. The molecule has 0 saturated heterocycles. The second-order valence-corrected chi connectivity index (χ2v) is 6.14. The van der Waals surface area contributed by atoms with E-state index < -0.39 is 0 Å². The van der Waals surface area contributed by atoms with Gasteiger partial charge in [-0.2, -0.15) is 4.98 Å². The smallest absolute Gasteiger partial charge is 0.222 e. The molecule has 0 aliphatic carbocycles. The number of hydrogen-bond donors (Lipinski definition) is 1. The molecule has 0 fully saturated rings. The maximum absolute atomic E-state index is 11.3. The van der Waals surface area contributed by atoms with Gasteiger partial charge in [0.1, 0.15) is 11.9 Å². The van der Waals surface area contributed by atoms with E-state index in [0.717, 1.165) is 17.7 Å². The highest BCUT2D eigenvalue weighted by Gasteiger charge is 2.12. The van der Waals surface area contributed by atoms with Crippen molar-refractivity contribution in [3.05, 3.63) is 42.0 Å².